The van der Waals surface area contributed by atoms with Crippen LogP contribution in [0.5, 0.6) is 0 Å². The van der Waals surface area contributed by atoms with E-state index in [2.05, 4.69) is 14.7 Å². The molecule has 4 nitrogen and oxygen atoms in total. The molecule has 0 aliphatic heterocycles. The highest BCUT2D eigenvalue weighted by atomic mass is 19.4. The molecule has 1 rings (SSSR count). The fourth-order valence-electron chi connectivity index (χ4n) is 0.733. The number of nitrogens with two attached hydrogens (primary N) is 1. The van der Waals surface area contributed by atoms with Gasteiger partial charge >= 0.3 is 18.0 Å². The molecule has 9 heteroatoms. The second kappa shape index (κ2) is 3.72. The lowest BCUT2D eigenvalue weighted by Crippen LogP contribution is -2.34. The summed E-state index contributed by atoms with van der Waals surface area (Å²) in [5.41, 5.74) is 5.03. The zero-order valence-corrected chi connectivity index (χ0v) is 7.18. The van der Waals surface area contributed by atoms with Crippen molar-refractivity contribution < 1.29 is 26.5 Å². The first kappa shape index (κ1) is 11.8. The van der Waals surface area contributed by atoms with Gasteiger partial charge in [0, 0.05) is 6.42 Å². The first-order valence-corrected chi connectivity index (χ1v) is 3.76. The van der Waals surface area contributed by atoms with E-state index in [0.29, 0.717) is 0 Å². The van der Waals surface area contributed by atoms with Crippen molar-refractivity contribution >= 4 is 0 Å². The molecule has 0 atom stereocenters. The van der Waals surface area contributed by atoms with Crippen LogP contribution in [0.2, 0.25) is 0 Å². The van der Waals surface area contributed by atoms with Crippen LogP contribution in [0, 0.1) is 0 Å². The maximum atomic E-state index is 12.6. The Balaban J connectivity index is 2.95. The summed E-state index contributed by atoms with van der Waals surface area (Å²) in [4.78, 5) is 2.91. The van der Waals surface area contributed by atoms with E-state index < -0.39 is 18.0 Å². The van der Waals surface area contributed by atoms with E-state index in [0.717, 1.165) is 0 Å². The van der Waals surface area contributed by atoms with E-state index in [1.165, 1.54) is 0 Å². The summed E-state index contributed by atoms with van der Waals surface area (Å²) < 4.78 is 64.4. The molecular formula is C6H6F5N3O. The van der Waals surface area contributed by atoms with Crippen molar-refractivity contribution in [2.24, 2.45) is 5.73 Å². The number of aromatic nitrogens is 2. The van der Waals surface area contributed by atoms with Gasteiger partial charge in [-0.1, -0.05) is 5.16 Å². The van der Waals surface area contributed by atoms with Crippen LogP contribution < -0.4 is 5.73 Å². The minimum absolute atomic E-state index is 0.0244. The minimum atomic E-state index is -5.75. The predicted octanol–water partition coefficient (Wildman–Crippen LogP) is 1.22. The van der Waals surface area contributed by atoms with E-state index in [1.807, 2.05) is 0 Å². The van der Waals surface area contributed by atoms with Crippen molar-refractivity contribution in [1.29, 1.82) is 0 Å². The third-order valence-electron chi connectivity index (χ3n) is 1.46. The standard InChI is InChI=1S/C6H6F5N3O/c7-5(8,6(9,10)11)4-13-3(1-2-12)14-15-4/h1-2,12H2. The molecular weight excluding hydrogens is 225 g/mol. The Labute approximate surface area is 80.2 Å². The fourth-order valence-corrected chi connectivity index (χ4v) is 0.733. The van der Waals surface area contributed by atoms with E-state index in [4.69, 9.17) is 5.73 Å². The van der Waals surface area contributed by atoms with Crippen LogP contribution in [-0.2, 0) is 12.3 Å². The van der Waals surface area contributed by atoms with Crippen LogP contribution >= 0.6 is 0 Å². The number of halogens is 5. The van der Waals surface area contributed by atoms with Crippen molar-refractivity contribution in [1.82, 2.24) is 10.1 Å². The van der Waals surface area contributed by atoms with Crippen LogP contribution in [0.4, 0.5) is 22.0 Å². The third-order valence-corrected chi connectivity index (χ3v) is 1.46. The van der Waals surface area contributed by atoms with Gasteiger partial charge in [-0.3, -0.25) is 0 Å². The van der Waals surface area contributed by atoms with Gasteiger partial charge in [0.25, 0.3) is 0 Å². The summed E-state index contributed by atoms with van der Waals surface area (Å²) in [7, 11) is 0. The van der Waals surface area contributed by atoms with Gasteiger partial charge in [-0.15, -0.1) is 0 Å². The maximum Gasteiger partial charge on any atom is 0.463 e. The normalized spacial score (nSPS) is 13.2. The molecule has 0 unspecified atom stereocenters. The quantitative estimate of drug-likeness (QED) is 0.794. The lowest BCUT2D eigenvalue weighted by Gasteiger charge is -2.14. The molecule has 0 saturated carbocycles. The van der Waals surface area contributed by atoms with Gasteiger partial charge in [0.05, 0.1) is 0 Å². The molecule has 0 aromatic carbocycles. The third kappa shape index (κ3) is 2.22. The van der Waals surface area contributed by atoms with Crippen LogP contribution in [0.3, 0.4) is 0 Å². The zero-order valence-electron chi connectivity index (χ0n) is 7.18. The molecule has 15 heavy (non-hydrogen) atoms. The zero-order chi connectivity index (χ0) is 11.7. The molecule has 0 radical (unpaired) electrons. The molecule has 1 aromatic rings. The van der Waals surface area contributed by atoms with Crippen molar-refractivity contribution in [2.45, 2.75) is 18.5 Å². The molecule has 0 aliphatic carbocycles. The molecule has 0 amide bonds. The monoisotopic (exact) mass is 231 g/mol. The lowest BCUT2D eigenvalue weighted by molar-refractivity contribution is -0.298. The smallest absolute Gasteiger partial charge is 0.332 e. The highest BCUT2D eigenvalue weighted by molar-refractivity contribution is 4.98. The Kier molecular flexibility index (Phi) is 2.93. The first-order valence-electron chi connectivity index (χ1n) is 3.76. The van der Waals surface area contributed by atoms with E-state index in [9.17, 15) is 22.0 Å². The summed E-state index contributed by atoms with van der Waals surface area (Å²) in [6.45, 7) is 0.0244. The highest BCUT2D eigenvalue weighted by Gasteiger charge is 2.63. The van der Waals surface area contributed by atoms with Gasteiger partial charge in [0.15, 0.2) is 5.82 Å². The van der Waals surface area contributed by atoms with Gasteiger partial charge < -0.3 is 10.3 Å². The van der Waals surface area contributed by atoms with E-state index in [1.54, 1.807) is 0 Å². The molecule has 0 bridgehead atoms. The number of alkyl halides is 5. The average molecular weight is 231 g/mol. The van der Waals surface area contributed by atoms with Gasteiger partial charge in [0.2, 0.25) is 0 Å². The second-order valence-corrected chi connectivity index (χ2v) is 2.63. The van der Waals surface area contributed by atoms with Crippen LogP contribution in [0.15, 0.2) is 4.52 Å². The minimum Gasteiger partial charge on any atom is -0.332 e. The number of rotatable bonds is 3. The summed E-state index contributed by atoms with van der Waals surface area (Å²) in [5, 5.41) is 2.94. The Morgan fingerprint density at radius 2 is 1.80 bits per heavy atom. The molecule has 0 fully saturated rings. The Hall–Kier alpha value is -1.25. The first-order chi connectivity index (χ1) is 6.79. The average Bonchev–Trinajstić information content (AvgIpc) is 2.51. The van der Waals surface area contributed by atoms with Crippen LogP contribution in [0.25, 0.3) is 0 Å². The number of hydrogen-bond donors (Lipinski definition) is 1. The van der Waals surface area contributed by atoms with Crippen LogP contribution in [0.1, 0.15) is 11.7 Å². The summed E-state index contributed by atoms with van der Waals surface area (Å²) in [5.74, 6) is -7.18. The Bertz CT molecular complexity index is 334. The number of hydrogen-bond acceptors (Lipinski definition) is 4. The Morgan fingerprint density at radius 3 is 2.27 bits per heavy atom. The van der Waals surface area contributed by atoms with Gasteiger partial charge in [-0.25, -0.2) is 0 Å². The second-order valence-electron chi connectivity index (χ2n) is 2.63. The molecule has 0 aliphatic rings. The highest BCUT2D eigenvalue weighted by Crippen LogP contribution is 2.42. The van der Waals surface area contributed by atoms with Crippen molar-refractivity contribution in [2.75, 3.05) is 6.54 Å². The maximum absolute atomic E-state index is 12.6. The molecule has 1 heterocycles. The topological polar surface area (TPSA) is 64.9 Å². The summed E-state index contributed by atoms with van der Waals surface area (Å²) in [6, 6.07) is 0. The molecule has 0 saturated heterocycles. The van der Waals surface area contributed by atoms with Crippen molar-refractivity contribution in [3.8, 4) is 0 Å². The van der Waals surface area contributed by atoms with Gasteiger partial charge in [-0.05, 0) is 6.54 Å². The van der Waals surface area contributed by atoms with E-state index >= 15 is 0 Å². The Morgan fingerprint density at radius 1 is 1.20 bits per heavy atom. The summed E-state index contributed by atoms with van der Waals surface area (Å²) in [6.07, 6.45) is -5.78. The molecule has 2 N–H and O–H groups in total. The predicted molar refractivity (Wildman–Crippen MR) is 37.0 cm³/mol. The molecule has 86 valence electrons. The lowest BCUT2D eigenvalue weighted by atomic mass is 10.3. The SMILES string of the molecule is NCCc1noc(C(F)(F)C(F)(F)F)n1. The fraction of sp³-hybridized carbons (Fsp3) is 0.667. The molecule has 0 spiro atoms. The molecule has 1 aromatic heterocycles. The van der Waals surface area contributed by atoms with Crippen LogP contribution in [-0.4, -0.2) is 22.9 Å². The van der Waals surface area contributed by atoms with Crippen molar-refractivity contribution in [3.05, 3.63) is 11.7 Å². The largest absolute Gasteiger partial charge is 0.463 e. The number of nitrogens with zero attached hydrogens (tertiary/aromatic N) is 2. The van der Waals surface area contributed by atoms with Crippen molar-refractivity contribution in [3.63, 3.8) is 0 Å². The van der Waals surface area contributed by atoms with E-state index in [-0.39, 0.29) is 18.8 Å². The van der Waals surface area contributed by atoms with Gasteiger partial charge in [0.1, 0.15) is 0 Å². The summed E-state index contributed by atoms with van der Waals surface area (Å²) >= 11 is 0. The van der Waals surface area contributed by atoms with Gasteiger partial charge in [-0.2, -0.15) is 26.9 Å².